The zero-order valence-electron chi connectivity index (χ0n) is 14.2. The summed E-state index contributed by atoms with van der Waals surface area (Å²) in [6.07, 6.45) is 0. The van der Waals surface area contributed by atoms with Crippen molar-refractivity contribution in [3.63, 3.8) is 0 Å². The minimum absolute atomic E-state index is 0.0199. The number of hydrogen-bond donors (Lipinski definition) is 1. The van der Waals surface area contributed by atoms with Crippen molar-refractivity contribution in [3.05, 3.63) is 70.5 Å². The van der Waals surface area contributed by atoms with E-state index in [1.807, 2.05) is 49.4 Å². The molecular weight excluding hydrogens is 346 g/mol. The zero-order chi connectivity index (χ0) is 18.1. The third kappa shape index (κ3) is 2.82. The number of Topliss-reactive ketones (excluding diaryl/α,β-unsaturated/α-hetero) is 1. The van der Waals surface area contributed by atoms with Gasteiger partial charge in [-0.3, -0.25) is 14.2 Å². The lowest BCUT2D eigenvalue weighted by Crippen LogP contribution is -2.23. The molecule has 0 bridgehead atoms. The van der Waals surface area contributed by atoms with E-state index in [9.17, 15) is 9.59 Å². The Morgan fingerprint density at radius 3 is 2.62 bits per heavy atom. The van der Waals surface area contributed by atoms with Gasteiger partial charge < -0.3 is 4.98 Å². The SMILES string of the molecule is CCn1c(SCC(=O)c2ccccc2)nc2c([nH]c3ccccc32)c1=O. The molecule has 0 fully saturated rings. The normalized spacial score (nSPS) is 11.3. The average molecular weight is 363 g/mol. The highest BCUT2D eigenvalue weighted by molar-refractivity contribution is 7.99. The smallest absolute Gasteiger partial charge is 0.278 e. The van der Waals surface area contributed by atoms with Gasteiger partial charge in [0, 0.05) is 23.0 Å². The molecule has 2 aromatic carbocycles. The maximum absolute atomic E-state index is 12.9. The Kier molecular flexibility index (Phi) is 4.34. The highest BCUT2D eigenvalue weighted by Gasteiger charge is 2.16. The predicted molar refractivity (Wildman–Crippen MR) is 105 cm³/mol. The van der Waals surface area contributed by atoms with Crippen molar-refractivity contribution in [2.75, 3.05) is 5.75 Å². The number of ketones is 1. The molecule has 4 rings (SSSR count). The molecule has 1 N–H and O–H groups in total. The quantitative estimate of drug-likeness (QED) is 0.332. The van der Waals surface area contributed by atoms with Crippen LogP contribution in [0.4, 0.5) is 0 Å². The number of nitrogens with zero attached hydrogens (tertiary/aromatic N) is 2. The molecule has 4 aromatic rings. The van der Waals surface area contributed by atoms with Gasteiger partial charge in [0.15, 0.2) is 10.9 Å². The summed E-state index contributed by atoms with van der Waals surface area (Å²) in [4.78, 5) is 33.1. The first-order chi connectivity index (χ1) is 12.7. The van der Waals surface area contributed by atoms with Gasteiger partial charge in [-0.15, -0.1) is 0 Å². The Balaban J connectivity index is 1.75. The van der Waals surface area contributed by atoms with Crippen molar-refractivity contribution < 1.29 is 4.79 Å². The number of carbonyl (C=O) groups excluding carboxylic acids is 1. The molecule has 5 nitrogen and oxygen atoms in total. The van der Waals surface area contributed by atoms with Crippen LogP contribution in [0.3, 0.4) is 0 Å². The third-order valence-corrected chi connectivity index (χ3v) is 5.30. The number of rotatable bonds is 5. The number of aromatic nitrogens is 3. The van der Waals surface area contributed by atoms with Gasteiger partial charge in [0.25, 0.3) is 5.56 Å². The standard InChI is InChI=1S/C20H17N3O2S/c1-2-23-19(25)18-17(14-10-6-7-11-15(14)21-18)22-20(23)26-12-16(24)13-8-4-3-5-9-13/h3-11,21H,2,12H2,1H3. The lowest BCUT2D eigenvalue weighted by atomic mass is 10.2. The maximum Gasteiger partial charge on any atom is 0.278 e. The lowest BCUT2D eigenvalue weighted by molar-refractivity contribution is 0.102. The van der Waals surface area contributed by atoms with Gasteiger partial charge in [0.05, 0.1) is 5.75 Å². The number of thioether (sulfide) groups is 1. The summed E-state index contributed by atoms with van der Waals surface area (Å²) in [5.74, 6) is 0.260. The van der Waals surface area contributed by atoms with Crippen LogP contribution in [0.15, 0.2) is 64.5 Å². The summed E-state index contributed by atoms with van der Waals surface area (Å²) < 4.78 is 1.61. The van der Waals surface area contributed by atoms with Crippen LogP contribution in [-0.2, 0) is 6.54 Å². The Hall–Kier alpha value is -2.86. The van der Waals surface area contributed by atoms with E-state index in [1.165, 1.54) is 11.8 Å². The van der Waals surface area contributed by atoms with E-state index in [-0.39, 0.29) is 17.1 Å². The molecule has 0 unspecified atom stereocenters. The molecule has 130 valence electrons. The number of fused-ring (bicyclic) bond motifs is 3. The molecule has 0 spiro atoms. The molecule has 0 atom stereocenters. The van der Waals surface area contributed by atoms with E-state index in [4.69, 9.17) is 4.98 Å². The summed E-state index contributed by atoms with van der Waals surface area (Å²) in [6.45, 7) is 2.40. The summed E-state index contributed by atoms with van der Waals surface area (Å²) in [7, 11) is 0. The van der Waals surface area contributed by atoms with Crippen LogP contribution in [-0.4, -0.2) is 26.1 Å². The second-order valence-corrected chi connectivity index (χ2v) is 6.86. The molecule has 6 heteroatoms. The van der Waals surface area contributed by atoms with E-state index in [0.717, 1.165) is 10.9 Å². The Labute approximate surface area is 154 Å². The van der Waals surface area contributed by atoms with Crippen LogP contribution >= 0.6 is 11.8 Å². The first-order valence-electron chi connectivity index (χ1n) is 8.41. The van der Waals surface area contributed by atoms with Crippen LogP contribution < -0.4 is 5.56 Å². The van der Waals surface area contributed by atoms with E-state index in [0.29, 0.717) is 28.3 Å². The van der Waals surface area contributed by atoms with Crippen LogP contribution in [0, 0.1) is 0 Å². The number of nitrogens with one attached hydrogen (secondary N) is 1. The number of H-pyrrole nitrogens is 1. The predicted octanol–water partition coefficient (Wildman–Crippen LogP) is 3.87. The molecule has 0 aliphatic heterocycles. The molecular formula is C20H17N3O2S. The third-order valence-electron chi connectivity index (χ3n) is 4.32. The first kappa shape index (κ1) is 16.6. The van der Waals surface area contributed by atoms with Gasteiger partial charge in [0.2, 0.25) is 0 Å². The van der Waals surface area contributed by atoms with E-state index >= 15 is 0 Å². The number of para-hydroxylation sites is 1. The summed E-state index contributed by atoms with van der Waals surface area (Å²) in [5, 5.41) is 1.48. The fourth-order valence-electron chi connectivity index (χ4n) is 3.00. The second kappa shape index (κ2) is 6.80. The van der Waals surface area contributed by atoms with Crippen molar-refractivity contribution in [2.45, 2.75) is 18.6 Å². The van der Waals surface area contributed by atoms with E-state index < -0.39 is 0 Å². The Morgan fingerprint density at radius 1 is 1.12 bits per heavy atom. The summed E-state index contributed by atoms with van der Waals surface area (Å²) in [6, 6.07) is 16.9. The number of hydrogen-bond acceptors (Lipinski definition) is 4. The molecule has 0 saturated carbocycles. The zero-order valence-corrected chi connectivity index (χ0v) is 15.0. The molecule has 0 aliphatic carbocycles. The highest BCUT2D eigenvalue weighted by Crippen LogP contribution is 2.25. The van der Waals surface area contributed by atoms with Gasteiger partial charge in [-0.05, 0) is 13.0 Å². The summed E-state index contributed by atoms with van der Waals surface area (Å²) >= 11 is 1.30. The van der Waals surface area contributed by atoms with E-state index in [2.05, 4.69) is 4.98 Å². The molecule has 0 aliphatic rings. The molecule has 26 heavy (non-hydrogen) atoms. The fourth-order valence-corrected chi connectivity index (χ4v) is 3.95. The van der Waals surface area contributed by atoms with Crippen LogP contribution in [0.2, 0.25) is 0 Å². The minimum atomic E-state index is -0.108. The molecule has 0 saturated heterocycles. The molecule has 2 heterocycles. The van der Waals surface area contributed by atoms with Gasteiger partial charge in [-0.1, -0.05) is 60.3 Å². The van der Waals surface area contributed by atoms with Crippen LogP contribution in [0.5, 0.6) is 0 Å². The van der Waals surface area contributed by atoms with Crippen molar-refractivity contribution in [3.8, 4) is 0 Å². The van der Waals surface area contributed by atoms with Gasteiger partial charge in [0.1, 0.15) is 11.0 Å². The first-order valence-corrected chi connectivity index (χ1v) is 9.40. The van der Waals surface area contributed by atoms with Crippen LogP contribution in [0.25, 0.3) is 21.9 Å². The maximum atomic E-state index is 12.9. The molecule has 2 aromatic heterocycles. The van der Waals surface area contributed by atoms with Crippen molar-refractivity contribution in [1.82, 2.24) is 14.5 Å². The average Bonchev–Trinajstić information content (AvgIpc) is 3.06. The molecule has 0 amide bonds. The monoisotopic (exact) mass is 363 g/mol. The van der Waals surface area contributed by atoms with Gasteiger partial charge in [-0.2, -0.15) is 0 Å². The largest absolute Gasteiger partial charge is 0.349 e. The van der Waals surface area contributed by atoms with Gasteiger partial charge >= 0.3 is 0 Å². The van der Waals surface area contributed by atoms with Crippen molar-refractivity contribution in [2.24, 2.45) is 0 Å². The van der Waals surface area contributed by atoms with E-state index in [1.54, 1.807) is 16.7 Å². The number of aromatic amines is 1. The van der Waals surface area contributed by atoms with Gasteiger partial charge in [-0.25, -0.2) is 4.98 Å². The highest BCUT2D eigenvalue weighted by atomic mass is 32.2. The minimum Gasteiger partial charge on any atom is -0.349 e. The Morgan fingerprint density at radius 2 is 1.85 bits per heavy atom. The fraction of sp³-hybridized carbons (Fsp3) is 0.150. The number of benzene rings is 2. The van der Waals surface area contributed by atoms with Crippen molar-refractivity contribution in [1.29, 1.82) is 0 Å². The topological polar surface area (TPSA) is 67.8 Å². The molecule has 0 radical (unpaired) electrons. The Bertz CT molecular complexity index is 1160. The summed E-state index contributed by atoms with van der Waals surface area (Å²) in [5.41, 5.74) is 2.61. The van der Waals surface area contributed by atoms with Crippen LogP contribution in [0.1, 0.15) is 17.3 Å². The lowest BCUT2D eigenvalue weighted by Gasteiger charge is -2.09. The van der Waals surface area contributed by atoms with Crippen molar-refractivity contribution >= 4 is 39.5 Å². The number of carbonyl (C=O) groups is 1. The second-order valence-electron chi connectivity index (χ2n) is 5.92.